The van der Waals surface area contributed by atoms with Crippen LogP contribution in [0.15, 0.2) is 64.6 Å². The molecule has 0 aliphatic carbocycles. The fourth-order valence-corrected chi connectivity index (χ4v) is 1.49. The fourth-order valence-electron chi connectivity index (χ4n) is 1.49. The molecule has 0 radical (unpaired) electrons. The molecule has 0 saturated carbocycles. The van der Waals surface area contributed by atoms with Crippen molar-refractivity contribution in [2.75, 3.05) is 14.1 Å². The van der Waals surface area contributed by atoms with Gasteiger partial charge in [0.2, 0.25) is 0 Å². The summed E-state index contributed by atoms with van der Waals surface area (Å²) >= 11 is 0. The summed E-state index contributed by atoms with van der Waals surface area (Å²) < 4.78 is 0. The topological polar surface area (TPSA) is 24.7 Å². The van der Waals surface area contributed by atoms with Gasteiger partial charge in [0.25, 0.3) is 0 Å². The zero-order chi connectivity index (χ0) is 13.9. The van der Waals surface area contributed by atoms with Crippen LogP contribution in [0.2, 0.25) is 0 Å². The summed E-state index contributed by atoms with van der Waals surface area (Å²) in [5, 5.41) is 0. The highest BCUT2D eigenvalue weighted by Crippen LogP contribution is 1.99. The summed E-state index contributed by atoms with van der Waals surface area (Å²) in [5.41, 5.74) is 3.60. The molecule has 0 unspecified atom stereocenters. The van der Waals surface area contributed by atoms with Crippen LogP contribution in [-0.4, -0.2) is 26.5 Å². The van der Waals surface area contributed by atoms with Gasteiger partial charge < -0.3 is 0 Å². The quantitative estimate of drug-likeness (QED) is 0.727. The minimum absolute atomic E-state index is 1.15. The molecule has 19 heavy (non-hydrogen) atoms. The Morgan fingerprint density at radius 2 is 1.16 bits per heavy atom. The smallest absolute Gasteiger partial charge is 0.0281 e. The molecule has 2 heteroatoms. The summed E-state index contributed by atoms with van der Waals surface area (Å²) in [7, 11) is 3.55. The molecule has 98 valence electrons. The normalized spacial score (nSPS) is 10.5. The second-order valence-electron chi connectivity index (χ2n) is 4.10. The Balaban J connectivity index is 0.000000191. The molecule has 2 rings (SSSR count). The van der Waals surface area contributed by atoms with Gasteiger partial charge in [-0.3, -0.25) is 9.98 Å². The van der Waals surface area contributed by atoms with Crippen molar-refractivity contribution in [2.45, 2.75) is 6.92 Å². The summed E-state index contributed by atoms with van der Waals surface area (Å²) in [5.74, 6) is 0. The molecule has 0 amide bonds. The van der Waals surface area contributed by atoms with Crippen LogP contribution in [0.25, 0.3) is 0 Å². The Hall–Kier alpha value is -2.22. The Morgan fingerprint density at radius 1 is 0.684 bits per heavy atom. The third-order valence-corrected chi connectivity index (χ3v) is 2.43. The van der Waals surface area contributed by atoms with Crippen molar-refractivity contribution in [3.8, 4) is 0 Å². The maximum Gasteiger partial charge on any atom is 0.0281 e. The van der Waals surface area contributed by atoms with E-state index in [1.165, 1.54) is 5.56 Å². The average Bonchev–Trinajstić information content (AvgIpc) is 2.44. The Kier molecular flexibility index (Phi) is 6.88. The highest BCUT2D eigenvalue weighted by atomic mass is 14.6. The minimum atomic E-state index is 1.15. The van der Waals surface area contributed by atoms with E-state index in [-0.39, 0.29) is 0 Å². The second kappa shape index (κ2) is 8.81. The van der Waals surface area contributed by atoms with Crippen LogP contribution in [0.1, 0.15) is 16.7 Å². The van der Waals surface area contributed by atoms with Crippen molar-refractivity contribution in [3.05, 3.63) is 71.3 Å². The zero-order valence-electron chi connectivity index (χ0n) is 11.7. The van der Waals surface area contributed by atoms with E-state index in [0.29, 0.717) is 0 Å². The number of aryl methyl sites for hydroxylation is 1. The third kappa shape index (κ3) is 6.32. The van der Waals surface area contributed by atoms with Crippen molar-refractivity contribution < 1.29 is 0 Å². The van der Waals surface area contributed by atoms with Gasteiger partial charge in [-0.1, -0.05) is 60.2 Å². The van der Waals surface area contributed by atoms with Crippen LogP contribution in [-0.2, 0) is 0 Å². The molecular weight excluding hydrogens is 232 g/mol. The minimum Gasteiger partial charge on any atom is -0.296 e. The van der Waals surface area contributed by atoms with Gasteiger partial charge in [-0.05, 0) is 18.1 Å². The first-order chi connectivity index (χ1) is 9.26. The molecule has 2 aromatic carbocycles. The van der Waals surface area contributed by atoms with Crippen molar-refractivity contribution in [1.82, 2.24) is 0 Å². The van der Waals surface area contributed by atoms with E-state index in [4.69, 9.17) is 0 Å². The lowest BCUT2D eigenvalue weighted by atomic mass is 10.2. The van der Waals surface area contributed by atoms with Gasteiger partial charge in [-0.15, -0.1) is 0 Å². The molecule has 2 nitrogen and oxygen atoms in total. The molecule has 2 aromatic rings. The molecular formula is C17H20N2. The van der Waals surface area contributed by atoms with E-state index in [1.807, 2.05) is 42.8 Å². The Morgan fingerprint density at radius 3 is 1.63 bits per heavy atom. The van der Waals surface area contributed by atoms with Gasteiger partial charge in [0.05, 0.1) is 0 Å². The monoisotopic (exact) mass is 252 g/mol. The van der Waals surface area contributed by atoms with Crippen LogP contribution >= 0.6 is 0 Å². The largest absolute Gasteiger partial charge is 0.296 e. The van der Waals surface area contributed by atoms with Crippen LogP contribution in [0.5, 0.6) is 0 Å². The SMILES string of the molecule is CN=Cc1ccc(C)cc1.CN=Cc1ccccc1. The zero-order valence-corrected chi connectivity index (χ0v) is 11.7. The van der Waals surface area contributed by atoms with Crippen LogP contribution in [0.4, 0.5) is 0 Å². The predicted octanol–water partition coefficient (Wildman–Crippen LogP) is 3.78. The fraction of sp³-hybridized carbons (Fsp3) is 0.176. The van der Waals surface area contributed by atoms with E-state index < -0.39 is 0 Å². The Labute approximate surface area is 115 Å². The molecule has 0 saturated heterocycles. The molecule has 0 spiro atoms. The maximum absolute atomic E-state index is 3.91. The average molecular weight is 252 g/mol. The van der Waals surface area contributed by atoms with Gasteiger partial charge in [-0.25, -0.2) is 0 Å². The molecule has 0 fully saturated rings. The number of nitrogens with zero attached hydrogens (tertiary/aromatic N) is 2. The van der Waals surface area contributed by atoms with Gasteiger partial charge in [0.15, 0.2) is 0 Å². The molecule has 0 aliphatic heterocycles. The number of rotatable bonds is 2. The molecule has 0 heterocycles. The molecule has 0 aromatic heterocycles. The van der Waals surface area contributed by atoms with E-state index in [2.05, 4.69) is 41.2 Å². The molecule has 0 atom stereocenters. The first kappa shape index (κ1) is 14.8. The number of benzene rings is 2. The molecule has 0 aliphatic rings. The van der Waals surface area contributed by atoms with Gasteiger partial charge in [0.1, 0.15) is 0 Å². The first-order valence-corrected chi connectivity index (χ1v) is 6.22. The van der Waals surface area contributed by atoms with Gasteiger partial charge >= 0.3 is 0 Å². The highest BCUT2D eigenvalue weighted by molar-refractivity contribution is 5.79. The number of hydrogen-bond donors (Lipinski definition) is 0. The maximum atomic E-state index is 3.91. The van der Waals surface area contributed by atoms with Crippen LogP contribution in [0, 0.1) is 6.92 Å². The van der Waals surface area contributed by atoms with Gasteiger partial charge in [0, 0.05) is 26.5 Å². The second-order valence-corrected chi connectivity index (χ2v) is 4.10. The highest BCUT2D eigenvalue weighted by Gasteiger charge is 1.84. The summed E-state index contributed by atoms with van der Waals surface area (Å²) in [6.45, 7) is 2.08. The molecule has 0 N–H and O–H groups in total. The third-order valence-electron chi connectivity index (χ3n) is 2.43. The summed E-state index contributed by atoms with van der Waals surface area (Å²) in [4.78, 5) is 7.79. The molecule has 0 bridgehead atoms. The lowest BCUT2D eigenvalue weighted by molar-refractivity contribution is 1.44. The van der Waals surface area contributed by atoms with E-state index in [1.54, 1.807) is 14.1 Å². The van der Waals surface area contributed by atoms with Crippen molar-refractivity contribution in [3.63, 3.8) is 0 Å². The standard InChI is InChI=1S/C9H11N.C8H9N/c1-8-3-5-9(6-4-8)7-10-2;1-9-7-8-5-3-2-4-6-8/h3-7H,1-2H3;2-7H,1H3. The Bertz CT molecular complexity index is 511. The van der Waals surface area contributed by atoms with Crippen LogP contribution < -0.4 is 0 Å². The number of hydrogen-bond acceptors (Lipinski definition) is 2. The lowest BCUT2D eigenvalue weighted by Crippen LogP contribution is -1.79. The predicted molar refractivity (Wildman–Crippen MR) is 84.7 cm³/mol. The van der Waals surface area contributed by atoms with E-state index >= 15 is 0 Å². The van der Waals surface area contributed by atoms with Crippen molar-refractivity contribution in [2.24, 2.45) is 9.98 Å². The number of aliphatic imine (C=N–C) groups is 2. The summed E-state index contributed by atoms with van der Waals surface area (Å²) in [6, 6.07) is 18.3. The van der Waals surface area contributed by atoms with Gasteiger partial charge in [-0.2, -0.15) is 0 Å². The lowest BCUT2D eigenvalue weighted by Gasteiger charge is -1.91. The van der Waals surface area contributed by atoms with E-state index in [0.717, 1.165) is 11.1 Å². The van der Waals surface area contributed by atoms with Crippen LogP contribution in [0.3, 0.4) is 0 Å². The van der Waals surface area contributed by atoms with Crippen molar-refractivity contribution in [1.29, 1.82) is 0 Å². The first-order valence-electron chi connectivity index (χ1n) is 6.22. The summed E-state index contributed by atoms with van der Waals surface area (Å²) in [6.07, 6.45) is 3.68. The van der Waals surface area contributed by atoms with Crippen molar-refractivity contribution >= 4 is 12.4 Å². The van der Waals surface area contributed by atoms with E-state index in [9.17, 15) is 0 Å².